The summed E-state index contributed by atoms with van der Waals surface area (Å²) in [7, 11) is 3.23. The summed E-state index contributed by atoms with van der Waals surface area (Å²) in [6.45, 7) is 10.5. The van der Waals surface area contributed by atoms with Crippen LogP contribution in [-0.4, -0.2) is 83.3 Å². The zero-order chi connectivity index (χ0) is 29.2. The molecule has 1 aliphatic rings. The van der Waals surface area contributed by atoms with Gasteiger partial charge in [-0.05, 0) is 55.6 Å². The number of rotatable bonds is 12. The number of hydrogen-bond donors (Lipinski definition) is 2. The smallest absolute Gasteiger partial charge is 0.259 e. The molecule has 9 heteroatoms. The molecule has 0 bridgehead atoms. The number of methoxy groups -OCH3 is 2. The van der Waals surface area contributed by atoms with Gasteiger partial charge in [-0.2, -0.15) is 0 Å². The second-order valence-electron chi connectivity index (χ2n) is 9.82. The molecule has 0 atom stereocenters. The van der Waals surface area contributed by atoms with Gasteiger partial charge in [0.05, 0.1) is 31.0 Å². The fourth-order valence-corrected chi connectivity index (χ4v) is 5.14. The van der Waals surface area contributed by atoms with Gasteiger partial charge in [0.25, 0.3) is 11.8 Å². The number of amides is 2. The maximum Gasteiger partial charge on any atom is 0.259 e. The molecule has 3 aromatic carbocycles. The van der Waals surface area contributed by atoms with Gasteiger partial charge in [-0.15, -0.1) is 0 Å². The van der Waals surface area contributed by atoms with Crippen LogP contribution in [0, 0.1) is 0 Å². The molecule has 0 aromatic heterocycles. The number of nitrogens with zero attached hydrogens (tertiary/aromatic N) is 3. The Morgan fingerprint density at radius 3 is 2.02 bits per heavy atom. The summed E-state index contributed by atoms with van der Waals surface area (Å²) < 4.78 is 10.9. The lowest BCUT2D eigenvalue weighted by Gasteiger charge is -2.38. The van der Waals surface area contributed by atoms with Crippen molar-refractivity contribution in [3.05, 3.63) is 77.9 Å². The van der Waals surface area contributed by atoms with Gasteiger partial charge in [0, 0.05) is 50.6 Å². The van der Waals surface area contributed by atoms with Crippen molar-refractivity contribution in [3.8, 4) is 11.5 Å². The minimum Gasteiger partial charge on any atom is -0.496 e. The van der Waals surface area contributed by atoms with Gasteiger partial charge < -0.3 is 34.8 Å². The zero-order valence-corrected chi connectivity index (χ0v) is 24.5. The fourth-order valence-electron chi connectivity index (χ4n) is 5.14. The molecule has 1 fully saturated rings. The fraction of sp³-hybridized carbons (Fsp3) is 0.375. The molecule has 9 nitrogen and oxygen atoms in total. The van der Waals surface area contributed by atoms with Crippen LogP contribution in [0.15, 0.2) is 66.7 Å². The van der Waals surface area contributed by atoms with Crippen LogP contribution >= 0.6 is 0 Å². The van der Waals surface area contributed by atoms with Crippen molar-refractivity contribution in [1.29, 1.82) is 0 Å². The number of carbonyl (C=O) groups excluding carboxylic acids is 2. The van der Waals surface area contributed by atoms with Gasteiger partial charge in [-0.3, -0.25) is 9.59 Å². The van der Waals surface area contributed by atoms with Crippen LogP contribution in [0.1, 0.15) is 34.6 Å². The number of benzene rings is 3. The van der Waals surface area contributed by atoms with E-state index in [4.69, 9.17) is 9.47 Å². The summed E-state index contributed by atoms with van der Waals surface area (Å²) in [5.74, 6) is 0.884. The summed E-state index contributed by atoms with van der Waals surface area (Å²) >= 11 is 0. The van der Waals surface area contributed by atoms with E-state index in [0.29, 0.717) is 29.1 Å². The SMILES string of the molecule is CCN(CC)CCNC(=O)c1cc(NC(=O)c2ccccc2OC)ccc1N1CCN(c2ccccc2OC)CC1. The summed E-state index contributed by atoms with van der Waals surface area (Å²) in [5.41, 5.74) is 3.43. The van der Waals surface area contributed by atoms with E-state index in [1.165, 1.54) is 7.11 Å². The normalized spacial score (nSPS) is 13.2. The van der Waals surface area contributed by atoms with Crippen molar-refractivity contribution < 1.29 is 19.1 Å². The highest BCUT2D eigenvalue weighted by molar-refractivity contribution is 6.07. The van der Waals surface area contributed by atoms with Crippen molar-refractivity contribution in [3.63, 3.8) is 0 Å². The second-order valence-corrected chi connectivity index (χ2v) is 9.82. The zero-order valence-electron chi connectivity index (χ0n) is 24.5. The van der Waals surface area contributed by atoms with Crippen molar-refractivity contribution >= 4 is 28.9 Å². The Morgan fingerprint density at radius 2 is 1.37 bits per heavy atom. The molecular formula is C32H41N5O4. The van der Waals surface area contributed by atoms with Gasteiger partial charge >= 0.3 is 0 Å². The van der Waals surface area contributed by atoms with Crippen LogP contribution in [0.4, 0.5) is 17.1 Å². The molecule has 1 saturated heterocycles. The minimum absolute atomic E-state index is 0.160. The highest BCUT2D eigenvalue weighted by Gasteiger charge is 2.24. The van der Waals surface area contributed by atoms with Crippen LogP contribution in [0.2, 0.25) is 0 Å². The predicted octanol–water partition coefficient (Wildman–Crippen LogP) is 4.35. The lowest BCUT2D eigenvalue weighted by atomic mass is 10.1. The number of piperazine rings is 1. The number of nitrogens with one attached hydrogen (secondary N) is 2. The minimum atomic E-state index is -0.298. The number of carbonyl (C=O) groups is 2. The lowest BCUT2D eigenvalue weighted by molar-refractivity contribution is 0.0948. The second kappa shape index (κ2) is 14.4. The van der Waals surface area contributed by atoms with Crippen molar-refractivity contribution in [2.75, 3.05) is 81.7 Å². The highest BCUT2D eigenvalue weighted by Crippen LogP contribution is 2.31. The first-order valence-corrected chi connectivity index (χ1v) is 14.2. The molecular weight excluding hydrogens is 518 g/mol. The molecule has 2 N–H and O–H groups in total. The quantitative estimate of drug-likeness (QED) is 0.341. The van der Waals surface area contributed by atoms with E-state index >= 15 is 0 Å². The monoisotopic (exact) mass is 559 g/mol. The first kappa shape index (κ1) is 29.7. The topological polar surface area (TPSA) is 86.4 Å². The molecule has 2 amide bonds. The Morgan fingerprint density at radius 1 is 0.756 bits per heavy atom. The largest absolute Gasteiger partial charge is 0.496 e. The number of anilines is 3. The Balaban J connectivity index is 1.54. The van der Waals surface area contributed by atoms with Gasteiger partial charge in [0.1, 0.15) is 11.5 Å². The van der Waals surface area contributed by atoms with Crippen LogP contribution in [0.3, 0.4) is 0 Å². The Hall–Kier alpha value is -4.24. The van der Waals surface area contributed by atoms with E-state index in [1.807, 2.05) is 36.4 Å². The van der Waals surface area contributed by atoms with Crippen molar-refractivity contribution in [1.82, 2.24) is 10.2 Å². The third-order valence-corrected chi connectivity index (χ3v) is 7.50. The Kier molecular flexibility index (Phi) is 10.5. The maximum atomic E-state index is 13.5. The molecule has 1 heterocycles. The van der Waals surface area contributed by atoms with Crippen molar-refractivity contribution in [2.24, 2.45) is 0 Å². The average Bonchev–Trinajstić information content (AvgIpc) is 3.03. The van der Waals surface area contributed by atoms with E-state index in [2.05, 4.69) is 45.2 Å². The summed E-state index contributed by atoms with van der Waals surface area (Å²) in [6.07, 6.45) is 0. The summed E-state index contributed by atoms with van der Waals surface area (Å²) in [5, 5.41) is 6.04. The first-order chi connectivity index (χ1) is 20.0. The van der Waals surface area contributed by atoms with E-state index in [1.54, 1.807) is 31.4 Å². The molecule has 0 radical (unpaired) electrons. The number of hydrogen-bond acceptors (Lipinski definition) is 7. The van der Waals surface area contributed by atoms with Crippen LogP contribution in [0.5, 0.6) is 11.5 Å². The van der Waals surface area contributed by atoms with E-state index in [0.717, 1.165) is 62.9 Å². The van der Waals surface area contributed by atoms with Gasteiger partial charge in [-0.25, -0.2) is 0 Å². The molecule has 218 valence electrons. The maximum absolute atomic E-state index is 13.5. The third kappa shape index (κ3) is 7.29. The molecule has 0 spiro atoms. The van der Waals surface area contributed by atoms with Crippen LogP contribution in [-0.2, 0) is 0 Å². The van der Waals surface area contributed by atoms with E-state index < -0.39 is 0 Å². The van der Waals surface area contributed by atoms with Crippen LogP contribution in [0.25, 0.3) is 0 Å². The molecule has 0 saturated carbocycles. The number of para-hydroxylation sites is 3. The Labute approximate surface area is 243 Å². The third-order valence-electron chi connectivity index (χ3n) is 7.50. The summed E-state index contributed by atoms with van der Waals surface area (Å²) in [6, 6.07) is 20.6. The van der Waals surface area contributed by atoms with Gasteiger partial charge in [0.2, 0.25) is 0 Å². The van der Waals surface area contributed by atoms with Gasteiger partial charge in [-0.1, -0.05) is 38.1 Å². The Bertz CT molecular complexity index is 1320. The van der Waals surface area contributed by atoms with Gasteiger partial charge in [0.15, 0.2) is 0 Å². The van der Waals surface area contributed by atoms with E-state index in [9.17, 15) is 9.59 Å². The molecule has 0 aliphatic carbocycles. The summed E-state index contributed by atoms with van der Waals surface area (Å²) in [4.78, 5) is 33.4. The molecule has 0 unspecified atom stereocenters. The average molecular weight is 560 g/mol. The first-order valence-electron chi connectivity index (χ1n) is 14.2. The molecule has 1 aliphatic heterocycles. The number of ether oxygens (including phenoxy) is 2. The molecule has 4 rings (SSSR count). The lowest BCUT2D eigenvalue weighted by Crippen LogP contribution is -2.47. The highest BCUT2D eigenvalue weighted by atomic mass is 16.5. The van der Waals surface area contributed by atoms with E-state index in [-0.39, 0.29) is 11.8 Å². The molecule has 41 heavy (non-hydrogen) atoms. The van der Waals surface area contributed by atoms with Crippen molar-refractivity contribution in [2.45, 2.75) is 13.8 Å². The molecule has 3 aromatic rings. The number of likely N-dealkylation sites (N-methyl/N-ethyl adjacent to an activating group) is 1. The standard InChI is InChI=1S/C32H41N5O4/c1-5-35(6-2)18-17-33-31(38)26-23-24(34-32(39)25-11-7-9-13-29(25)40-3)15-16-27(26)36-19-21-37(22-20-36)28-12-8-10-14-30(28)41-4/h7-16,23H,5-6,17-22H2,1-4H3,(H,33,38)(H,34,39). The predicted molar refractivity (Wildman–Crippen MR) is 165 cm³/mol. The van der Waals surface area contributed by atoms with Crippen LogP contribution < -0.4 is 29.9 Å².